The highest BCUT2D eigenvalue weighted by Crippen LogP contribution is 2.44. The molecule has 3 aliphatic rings. The number of hydrogen-bond acceptors (Lipinski definition) is 4. The number of esters is 1. The lowest BCUT2D eigenvalue weighted by atomic mass is 9.94. The predicted octanol–water partition coefficient (Wildman–Crippen LogP) is 1.38. The van der Waals surface area contributed by atoms with Crippen molar-refractivity contribution < 1.29 is 19.0 Å². The first-order chi connectivity index (χ1) is 7.20. The van der Waals surface area contributed by atoms with Crippen molar-refractivity contribution in [3.8, 4) is 0 Å². The van der Waals surface area contributed by atoms with Crippen molar-refractivity contribution >= 4 is 5.97 Å². The molecule has 2 saturated heterocycles. The van der Waals surface area contributed by atoms with E-state index in [1.807, 2.05) is 6.92 Å². The van der Waals surface area contributed by atoms with Gasteiger partial charge in [0.1, 0.15) is 12.2 Å². The van der Waals surface area contributed by atoms with E-state index in [-0.39, 0.29) is 18.2 Å². The minimum absolute atomic E-state index is 0.163. The molecule has 0 unspecified atom stereocenters. The van der Waals surface area contributed by atoms with E-state index in [2.05, 4.69) is 0 Å². The van der Waals surface area contributed by atoms with Crippen LogP contribution in [0.2, 0.25) is 0 Å². The van der Waals surface area contributed by atoms with Crippen LogP contribution in [0.25, 0.3) is 0 Å². The highest BCUT2D eigenvalue weighted by atomic mass is 16.8. The van der Waals surface area contributed by atoms with Crippen molar-refractivity contribution in [2.75, 3.05) is 0 Å². The smallest absolute Gasteiger partial charge is 0.338 e. The van der Waals surface area contributed by atoms with Gasteiger partial charge < -0.3 is 14.2 Å². The summed E-state index contributed by atoms with van der Waals surface area (Å²) in [6, 6.07) is 0. The molecule has 0 N–H and O–H groups in total. The van der Waals surface area contributed by atoms with E-state index in [4.69, 9.17) is 14.2 Å². The van der Waals surface area contributed by atoms with Gasteiger partial charge in [0.15, 0.2) is 11.9 Å². The molecule has 3 rings (SSSR count). The fraction of sp³-hybridized carbons (Fsp3) is 0.909. The van der Waals surface area contributed by atoms with Crippen molar-refractivity contribution in [1.82, 2.24) is 0 Å². The van der Waals surface area contributed by atoms with Gasteiger partial charge in [-0.05, 0) is 19.8 Å². The average Bonchev–Trinajstić information content (AvgIpc) is 2.69. The number of rotatable bonds is 0. The van der Waals surface area contributed by atoms with Crippen LogP contribution < -0.4 is 0 Å². The van der Waals surface area contributed by atoms with E-state index in [0.717, 1.165) is 25.7 Å². The Kier molecular flexibility index (Phi) is 2.04. The van der Waals surface area contributed by atoms with E-state index >= 15 is 0 Å². The maximum atomic E-state index is 11.5. The molecular formula is C11H16O4. The summed E-state index contributed by atoms with van der Waals surface area (Å²) in [6.07, 6.45) is 4.51. The molecule has 0 radical (unpaired) electrons. The zero-order chi connectivity index (χ0) is 10.5. The van der Waals surface area contributed by atoms with Crippen LogP contribution in [0.1, 0.15) is 39.0 Å². The van der Waals surface area contributed by atoms with Gasteiger partial charge in [0, 0.05) is 12.8 Å². The van der Waals surface area contributed by atoms with Gasteiger partial charge in [0.2, 0.25) is 0 Å². The standard InChI is InChI=1S/C11H16O4/c1-7-8-9(10(12)13-7)15-11(14-8)5-3-2-4-6-11/h7-9H,2-6H2,1H3/t7-,8-,9-/m1/s1. The lowest BCUT2D eigenvalue weighted by Gasteiger charge is -2.32. The number of carbonyl (C=O) groups excluding carboxylic acids is 1. The Balaban J connectivity index is 1.79. The van der Waals surface area contributed by atoms with Crippen LogP contribution in [-0.4, -0.2) is 30.1 Å². The largest absolute Gasteiger partial charge is 0.458 e. The van der Waals surface area contributed by atoms with Gasteiger partial charge >= 0.3 is 5.97 Å². The lowest BCUT2D eigenvalue weighted by Crippen LogP contribution is -2.36. The molecule has 1 aliphatic carbocycles. The first-order valence-electron chi connectivity index (χ1n) is 5.76. The molecule has 3 atom stereocenters. The van der Waals surface area contributed by atoms with Crippen molar-refractivity contribution in [1.29, 1.82) is 0 Å². The van der Waals surface area contributed by atoms with Crippen molar-refractivity contribution in [3.05, 3.63) is 0 Å². The molecular weight excluding hydrogens is 196 g/mol. The zero-order valence-corrected chi connectivity index (χ0v) is 8.90. The highest BCUT2D eigenvalue weighted by Gasteiger charge is 2.57. The fourth-order valence-electron chi connectivity index (χ4n) is 2.80. The van der Waals surface area contributed by atoms with E-state index in [9.17, 15) is 4.79 Å². The molecule has 2 aliphatic heterocycles. The third-order valence-electron chi connectivity index (χ3n) is 3.60. The summed E-state index contributed by atoms with van der Waals surface area (Å²) < 4.78 is 16.8. The number of fused-ring (bicyclic) bond motifs is 1. The summed E-state index contributed by atoms with van der Waals surface area (Å²) in [7, 11) is 0. The van der Waals surface area contributed by atoms with Crippen LogP contribution in [0.4, 0.5) is 0 Å². The molecule has 1 spiro atoms. The van der Waals surface area contributed by atoms with E-state index in [1.165, 1.54) is 6.42 Å². The lowest BCUT2D eigenvalue weighted by molar-refractivity contribution is -0.215. The van der Waals surface area contributed by atoms with E-state index < -0.39 is 11.9 Å². The summed E-state index contributed by atoms with van der Waals surface area (Å²) in [4.78, 5) is 11.5. The van der Waals surface area contributed by atoms with Gasteiger partial charge in [-0.25, -0.2) is 4.79 Å². The van der Waals surface area contributed by atoms with E-state index in [0.29, 0.717) is 0 Å². The average molecular weight is 212 g/mol. The Morgan fingerprint density at radius 2 is 1.93 bits per heavy atom. The quantitative estimate of drug-likeness (QED) is 0.569. The van der Waals surface area contributed by atoms with Crippen LogP contribution >= 0.6 is 0 Å². The Bertz CT molecular complexity index is 282. The molecule has 15 heavy (non-hydrogen) atoms. The molecule has 84 valence electrons. The van der Waals surface area contributed by atoms with Crippen molar-refractivity contribution in [2.24, 2.45) is 0 Å². The second-order valence-electron chi connectivity index (χ2n) is 4.73. The van der Waals surface area contributed by atoms with Crippen molar-refractivity contribution in [3.63, 3.8) is 0 Å². The monoisotopic (exact) mass is 212 g/mol. The van der Waals surface area contributed by atoms with Crippen LogP contribution in [0.5, 0.6) is 0 Å². The SMILES string of the molecule is C[C@H]1OC(=O)[C@@H]2OC3(CCCCC3)O[C@H]12. The number of hydrogen-bond donors (Lipinski definition) is 0. The summed E-state index contributed by atoms with van der Waals surface area (Å²) in [5.74, 6) is -0.726. The normalized spacial score (nSPS) is 43.0. The molecule has 0 aromatic carbocycles. The van der Waals surface area contributed by atoms with Gasteiger partial charge in [0.25, 0.3) is 0 Å². The Morgan fingerprint density at radius 1 is 1.20 bits per heavy atom. The minimum atomic E-state index is -0.474. The third kappa shape index (κ3) is 1.39. The van der Waals surface area contributed by atoms with Gasteiger partial charge in [-0.2, -0.15) is 0 Å². The second kappa shape index (κ2) is 3.19. The van der Waals surface area contributed by atoms with Crippen LogP contribution in [0, 0.1) is 0 Å². The van der Waals surface area contributed by atoms with Crippen LogP contribution in [-0.2, 0) is 19.0 Å². The highest BCUT2D eigenvalue weighted by molar-refractivity contribution is 5.78. The maximum Gasteiger partial charge on any atom is 0.338 e. The topological polar surface area (TPSA) is 44.8 Å². The van der Waals surface area contributed by atoms with Gasteiger partial charge in [-0.15, -0.1) is 0 Å². The molecule has 0 amide bonds. The zero-order valence-electron chi connectivity index (χ0n) is 8.90. The summed E-state index contributed by atoms with van der Waals surface area (Å²) in [5, 5.41) is 0. The van der Waals surface area contributed by atoms with Gasteiger partial charge in [-0.3, -0.25) is 0 Å². The van der Waals surface area contributed by atoms with E-state index in [1.54, 1.807) is 0 Å². The molecule has 3 fully saturated rings. The Labute approximate surface area is 88.9 Å². The molecule has 4 nitrogen and oxygen atoms in total. The number of ether oxygens (including phenoxy) is 3. The Hall–Kier alpha value is -0.610. The first kappa shape index (κ1) is 9.60. The second-order valence-corrected chi connectivity index (χ2v) is 4.73. The Morgan fingerprint density at radius 3 is 2.60 bits per heavy atom. The summed E-state index contributed by atoms with van der Waals surface area (Å²) in [5.41, 5.74) is 0. The van der Waals surface area contributed by atoms with Crippen LogP contribution in [0.3, 0.4) is 0 Å². The fourth-order valence-corrected chi connectivity index (χ4v) is 2.80. The molecule has 2 heterocycles. The molecule has 0 aromatic heterocycles. The molecule has 1 saturated carbocycles. The first-order valence-corrected chi connectivity index (χ1v) is 5.76. The maximum absolute atomic E-state index is 11.5. The molecule has 4 heteroatoms. The van der Waals surface area contributed by atoms with Gasteiger partial charge in [-0.1, -0.05) is 6.42 Å². The summed E-state index contributed by atoms with van der Waals surface area (Å²) in [6.45, 7) is 1.87. The van der Waals surface area contributed by atoms with Crippen molar-refractivity contribution in [2.45, 2.75) is 63.1 Å². The third-order valence-corrected chi connectivity index (χ3v) is 3.60. The number of cyclic esters (lactones) is 1. The minimum Gasteiger partial charge on any atom is -0.458 e. The summed E-state index contributed by atoms with van der Waals surface area (Å²) >= 11 is 0. The predicted molar refractivity (Wildman–Crippen MR) is 51.1 cm³/mol. The molecule has 0 aromatic rings. The van der Waals surface area contributed by atoms with Gasteiger partial charge in [0.05, 0.1) is 0 Å². The number of carbonyl (C=O) groups is 1. The van der Waals surface area contributed by atoms with Crippen LogP contribution in [0.15, 0.2) is 0 Å². The molecule has 0 bridgehead atoms.